The van der Waals surface area contributed by atoms with Gasteiger partial charge in [0.15, 0.2) is 11.5 Å². The van der Waals surface area contributed by atoms with Crippen molar-refractivity contribution in [3.63, 3.8) is 0 Å². The summed E-state index contributed by atoms with van der Waals surface area (Å²) in [5.41, 5.74) is 5.85. The lowest BCUT2D eigenvalue weighted by molar-refractivity contribution is 0.350. The third-order valence-corrected chi connectivity index (χ3v) is 5.58. The van der Waals surface area contributed by atoms with E-state index in [1.807, 2.05) is 24.4 Å². The van der Waals surface area contributed by atoms with E-state index in [0.29, 0.717) is 0 Å². The van der Waals surface area contributed by atoms with Crippen molar-refractivity contribution < 1.29 is 14.2 Å². The number of aryl methyl sites for hydroxylation is 1. The Hall–Kier alpha value is -3.05. The highest BCUT2D eigenvalue weighted by Crippen LogP contribution is 2.41. The molecule has 0 unspecified atom stereocenters. The maximum atomic E-state index is 5.57. The van der Waals surface area contributed by atoms with Crippen LogP contribution in [0.5, 0.6) is 17.2 Å². The Bertz CT molecular complexity index is 1000. The van der Waals surface area contributed by atoms with Gasteiger partial charge in [-0.25, -0.2) is 0 Å². The molecule has 0 bridgehead atoms. The third kappa shape index (κ3) is 3.66. The van der Waals surface area contributed by atoms with E-state index in [-0.39, 0.29) is 12.1 Å². The van der Waals surface area contributed by atoms with Crippen molar-refractivity contribution in [2.75, 3.05) is 21.3 Å². The van der Waals surface area contributed by atoms with Gasteiger partial charge in [0.1, 0.15) is 5.75 Å². The first-order valence-corrected chi connectivity index (χ1v) is 9.71. The number of nitrogens with one attached hydrogen (secondary N) is 1. The van der Waals surface area contributed by atoms with Crippen LogP contribution in [0.15, 0.2) is 54.7 Å². The van der Waals surface area contributed by atoms with E-state index < -0.39 is 0 Å². The molecule has 2 heterocycles. The second-order valence-electron chi connectivity index (χ2n) is 7.24. The van der Waals surface area contributed by atoms with Gasteiger partial charge in [0.05, 0.1) is 39.1 Å². The molecule has 0 spiro atoms. The van der Waals surface area contributed by atoms with Crippen molar-refractivity contribution in [3.05, 3.63) is 82.7 Å². The summed E-state index contributed by atoms with van der Waals surface area (Å²) in [6, 6.07) is 16.6. The van der Waals surface area contributed by atoms with Gasteiger partial charge < -0.3 is 14.2 Å². The number of methoxy groups -OCH3 is 3. The van der Waals surface area contributed by atoms with Gasteiger partial charge in [-0.1, -0.05) is 18.2 Å². The Morgan fingerprint density at radius 3 is 2.31 bits per heavy atom. The maximum absolute atomic E-state index is 5.57. The monoisotopic (exact) mass is 390 g/mol. The number of ether oxygens (including phenoxy) is 3. The number of hydrogen-bond acceptors (Lipinski definition) is 5. The molecule has 1 aromatic heterocycles. The SMILES string of the molecule is COc1ccc([C@@H]2N[C@H](c3ncccc3C)Cc3cc(OC)c(OC)cc32)cc1. The molecule has 29 heavy (non-hydrogen) atoms. The largest absolute Gasteiger partial charge is 0.497 e. The number of benzene rings is 2. The average Bonchev–Trinajstić information content (AvgIpc) is 2.77. The van der Waals surface area contributed by atoms with Crippen molar-refractivity contribution in [3.8, 4) is 17.2 Å². The average molecular weight is 390 g/mol. The van der Waals surface area contributed by atoms with Gasteiger partial charge in [-0.05, 0) is 65.9 Å². The lowest BCUT2D eigenvalue weighted by Gasteiger charge is -2.34. The molecule has 2 atom stereocenters. The molecule has 0 radical (unpaired) electrons. The second kappa shape index (κ2) is 8.13. The van der Waals surface area contributed by atoms with Crippen LogP contribution in [-0.2, 0) is 6.42 Å². The van der Waals surface area contributed by atoms with Gasteiger partial charge in [0.2, 0.25) is 0 Å². The smallest absolute Gasteiger partial charge is 0.161 e. The Morgan fingerprint density at radius 1 is 0.931 bits per heavy atom. The number of nitrogens with zero attached hydrogens (tertiary/aromatic N) is 1. The van der Waals surface area contributed by atoms with Gasteiger partial charge in [-0.2, -0.15) is 0 Å². The summed E-state index contributed by atoms with van der Waals surface area (Å²) in [5, 5.41) is 3.81. The molecule has 5 nitrogen and oxygen atoms in total. The maximum Gasteiger partial charge on any atom is 0.161 e. The third-order valence-electron chi connectivity index (χ3n) is 5.58. The predicted molar refractivity (Wildman–Crippen MR) is 113 cm³/mol. The van der Waals surface area contributed by atoms with Gasteiger partial charge >= 0.3 is 0 Å². The summed E-state index contributed by atoms with van der Waals surface area (Å²) in [4.78, 5) is 4.67. The van der Waals surface area contributed by atoms with Crippen molar-refractivity contribution >= 4 is 0 Å². The Kier molecular flexibility index (Phi) is 5.41. The minimum atomic E-state index is 0.0101. The molecule has 1 aliphatic rings. The summed E-state index contributed by atoms with van der Waals surface area (Å²) in [6.07, 6.45) is 2.69. The number of hydrogen-bond donors (Lipinski definition) is 1. The Balaban J connectivity index is 1.83. The molecule has 0 amide bonds. The lowest BCUT2D eigenvalue weighted by Crippen LogP contribution is -2.35. The van der Waals surface area contributed by atoms with Crippen LogP contribution in [0.3, 0.4) is 0 Å². The standard InChI is InChI=1S/C24H26N2O3/c1-15-6-5-11-25-23(15)20-12-17-13-21(28-3)22(29-4)14-19(17)24(26-20)16-7-9-18(27-2)10-8-16/h5-11,13-14,20,24,26H,12H2,1-4H3/t20-,24-/m0/s1. The molecule has 0 fully saturated rings. The van der Waals surface area contributed by atoms with Crippen molar-refractivity contribution in [2.45, 2.75) is 25.4 Å². The van der Waals surface area contributed by atoms with E-state index in [1.54, 1.807) is 21.3 Å². The molecular weight excluding hydrogens is 364 g/mol. The highest BCUT2D eigenvalue weighted by Gasteiger charge is 2.31. The van der Waals surface area contributed by atoms with Crippen LogP contribution < -0.4 is 19.5 Å². The summed E-state index contributed by atoms with van der Waals surface area (Å²) < 4.78 is 16.5. The highest BCUT2D eigenvalue weighted by molar-refractivity contribution is 5.52. The van der Waals surface area contributed by atoms with Gasteiger partial charge in [0, 0.05) is 6.20 Å². The first-order valence-electron chi connectivity index (χ1n) is 9.71. The van der Waals surface area contributed by atoms with Crippen molar-refractivity contribution in [1.82, 2.24) is 10.3 Å². The van der Waals surface area contributed by atoms with Crippen molar-refractivity contribution in [2.24, 2.45) is 0 Å². The molecule has 0 saturated heterocycles. The second-order valence-corrected chi connectivity index (χ2v) is 7.24. The fourth-order valence-electron chi connectivity index (χ4n) is 4.06. The summed E-state index contributed by atoms with van der Waals surface area (Å²) in [5.74, 6) is 2.33. The van der Waals surface area contributed by atoms with Crippen LogP contribution in [-0.4, -0.2) is 26.3 Å². The molecule has 5 heteroatoms. The van der Waals surface area contributed by atoms with Crippen LogP contribution in [0.2, 0.25) is 0 Å². The molecule has 1 N–H and O–H groups in total. The number of pyridine rings is 1. The first-order chi connectivity index (χ1) is 14.1. The minimum Gasteiger partial charge on any atom is -0.497 e. The molecule has 0 aliphatic carbocycles. The Labute approximate surface area is 171 Å². The molecule has 3 aromatic rings. The normalized spacial score (nSPS) is 18.1. The van der Waals surface area contributed by atoms with E-state index in [2.05, 4.69) is 47.6 Å². The topological polar surface area (TPSA) is 52.6 Å². The zero-order chi connectivity index (χ0) is 20.4. The quantitative estimate of drug-likeness (QED) is 0.700. The molecule has 4 rings (SSSR count). The molecular formula is C24H26N2O3. The van der Waals surface area contributed by atoms with E-state index >= 15 is 0 Å². The fraction of sp³-hybridized carbons (Fsp3) is 0.292. The summed E-state index contributed by atoms with van der Waals surface area (Å²) >= 11 is 0. The molecule has 150 valence electrons. The van der Waals surface area contributed by atoms with Gasteiger partial charge in [0.25, 0.3) is 0 Å². The van der Waals surface area contributed by atoms with E-state index in [9.17, 15) is 0 Å². The van der Waals surface area contributed by atoms with Crippen LogP contribution in [0, 0.1) is 6.92 Å². The molecule has 2 aromatic carbocycles. The van der Waals surface area contributed by atoms with E-state index in [4.69, 9.17) is 14.2 Å². The van der Waals surface area contributed by atoms with Crippen LogP contribution in [0.25, 0.3) is 0 Å². The summed E-state index contributed by atoms with van der Waals surface area (Å²) in [7, 11) is 5.02. The lowest BCUT2D eigenvalue weighted by atomic mass is 9.84. The van der Waals surface area contributed by atoms with E-state index in [1.165, 1.54) is 16.7 Å². The molecule has 0 saturated carbocycles. The van der Waals surface area contributed by atoms with Gasteiger partial charge in [-0.3, -0.25) is 10.3 Å². The molecule has 1 aliphatic heterocycles. The number of aromatic nitrogens is 1. The summed E-state index contributed by atoms with van der Waals surface area (Å²) in [6.45, 7) is 2.11. The van der Waals surface area contributed by atoms with Crippen molar-refractivity contribution in [1.29, 1.82) is 0 Å². The van der Waals surface area contributed by atoms with Crippen LogP contribution >= 0.6 is 0 Å². The zero-order valence-electron chi connectivity index (χ0n) is 17.2. The number of rotatable bonds is 5. The predicted octanol–water partition coefficient (Wildman–Crippen LogP) is 4.39. The minimum absolute atomic E-state index is 0.0101. The Morgan fingerprint density at radius 2 is 1.66 bits per heavy atom. The van der Waals surface area contributed by atoms with Gasteiger partial charge in [-0.15, -0.1) is 0 Å². The van der Waals surface area contributed by atoms with E-state index in [0.717, 1.165) is 34.9 Å². The number of fused-ring (bicyclic) bond motifs is 1. The zero-order valence-corrected chi connectivity index (χ0v) is 17.2. The van der Waals surface area contributed by atoms with Crippen LogP contribution in [0.4, 0.5) is 0 Å². The fourth-order valence-corrected chi connectivity index (χ4v) is 4.06. The first kappa shape index (κ1) is 19.3. The highest BCUT2D eigenvalue weighted by atomic mass is 16.5. The van der Waals surface area contributed by atoms with Crippen LogP contribution in [0.1, 0.15) is 40.0 Å².